The summed E-state index contributed by atoms with van der Waals surface area (Å²) >= 11 is 0. The minimum absolute atomic E-state index is 0.443. The molecular weight excluding hydrogens is 342 g/mol. The molecule has 0 spiro atoms. The molecule has 0 atom stereocenters. The number of hydrogen-bond donors (Lipinski definition) is 3. The second-order valence-corrected chi connectivity index (χ2v) is 6.10. The minimum atomic E-state index is 0.443. The lowest BCUT2D eigenvalue weighted by molar-refractivity contribution is 0.171. The van der Waals surface area contributed by atoms with E-state index in [1.807, 2.05) is 36.4 Å². The maximum Gasteiger partial charge on any atom is 0.163 e. The summed E-state index contributed by atoms with van der Waals surface area (Å²) in [5, 5.41) is 6.53. The Kier molecular flexibility index (Phi) is 4.65. The second kappa shape index (κ2) is 7.41. The van der Waals surface area contributed by atoms with Crippen molar-refractivity contribution in [3.05, 3.63) is 54.4 Å². The molecule has 7 heteroatoms. The molecule has 4 rings (SSSR count). The van der Waals surface area contributed by atoms with Crippen LogP contribution >= 0.6 is 0 Å². The minimum Gasteiger partial charge on any atom is -0.486 e. The zero-order valence-corrected chi connectivity index (χ0v) is 15.0. The third-order valence-corrected chi connectivity index (χ3v) is 4.34. The van der Waals surface area contributed by atoms with Crippen LogP contribution in [0.4, 0.5) is 28.7 Å². The molecule has 0 aliphatic carbocycles. The normalized spacial score (nSPS) is 12.5. The SMILES string of the molecule is CCc1ccccc1Nc1ncnc(Nc2ccc3c(c2)OCCO3)c1N. The van der Waals surface area contributed by atoms with Crippen LogP contribution in [0, 0.1) is 0 Å². The van der Waals surface area contributed by atoms with Crippen LogP contribution in [-0.2, 0) is 6.42 Å². The molecule has 2 heterocycles. The Morgan fingerprint density at radius 3 is 2.52 bits per heavy atom. The highest BCUT2D eigenvalue weighted by Gasteiger charge is 2.14. The molecule has 0 amide bonds. The van der Waals surface area contributed by atoms with Crippen LogP contribution in [0.1, 0.15) is 12.5 Å². The summed E-state index contributed by atoms with van der Waals surface area (Å²) < 4.78 is 11.2. The fraction of sp³-hybridized carbons (Fsp3) is 0.200. The molecule has 1 aliphatic heterocycles. The van der Waals surface area contributed by atoms with Crippen molar-refractivity contribution in [3.8, 4) is 11.5 Å². The Morgan fingerprint density at radius 1 is 0.963 bits per heavy atom. The van der Waals surface area contributed by atoms with E-state index in [1.54, 1.807) is 0 Å². The monoisotopic (exact) mass is 363 g/mol. The molecule has 4 N–H and O–H groups in total. The van der Waals surface area contributed by atoms with E-state index in [9.17, 15) is 0 Å². The van der Waals surface area contributed by atoms with Crippen molar-refractivity contribution in [1.29, 1.82) is 0 Å². The standard InChI is InChI=1S/C20H21N5O2/c1-2-13-5-3-4-6-15(13)25-20-18(21)19(22-12-23-20)24-14-7-8-16-17(11-14)27-10-9-26-16/h3-8,11-12H,2,9-10,21H2,1H3,(H2,22,23,24,25). The van der Waals surface area contributed by atoms with Gasteiger partial charge in [0.15, 0.2) is 23.1 Å². The van der Waals surface area contributed by atoms with E-state index >= 15 is 0 Å². The molecule has 0 saturated heterocycles. The molecule has 138 valence electrons. The number of nitrogens with zero attached hydrogens (tertiary/aromatic N) is 2. The van der Waals surface area contributed by atoms with E-state index in [4.69, 9.17) is 15.2 Å². The van der Waals surface area contributed by atoms with Crippen LogP contribution in [0.25, 0.3) is 0 Å². The summed E-state index contributed by atoms with van der Waals surface area (Å²) in [6.45, 7) is 3.21. The molecule has 0 unspecified atom stereocenters. The van der Waals surface area contributed by atoms with Gasteiger partial charge in [-0.2, -0.15) is 0 Å². The lowest BCUT2D eigenvalue weighted by Crippen LogP contribution is -2.15. The van der Waals surface area contributed by atoms with Crippen molar-refractivity contribution in [2.45, 2.75) is 13.3 Å². The fourth-order valence-electron chi connectivity index (χ4n) is 2.93. The van der Waals surface area contributed by atoms with Crippen molar-refractivity contribution in [2.24, 2.45) is 0 Å². The second-order valence-electron chi connectivity index (χ2n) is 6.10. The maximum absolute atomic E-state index is 6.30. The first-order valence-electron chi connectivity index (χ1n) is 8.86. The average Bonchev–Trinajstić information content (AvgIpc) is 2.71. The van der Waals surface area contributed by atoms with E-state index < -0.39 is 0 Å². The van der Waals surface area contributed by atoms with Gasteiger partial charge in [0, 0.05) is 17.4 Å². The average molecular weight is 363 g/mol. The van der Waals surface area contributed by atoms with Gasteiger partial charge in [0.1, 0.15) is 25.2 Å². The smallest absolute Gasteiger partial charge is 0.163 e. The van der Waals surface area contributed by atoms with E-state index in [0.29, 0.717) is 36.3 Å². The van der Waals surface area contributed by atoms with Crippen LogP contribution in [-0.4, -0.2) is 23.2 Å². The number of ether oxygens (including phenoxy) is 2. The molecule has 0 bridgehead atoms. The third kappa shape index (κ3) is 3.57. The lowest BCUT2D eigenvalue weighted by atomic mass is 10.1. The number of nitrogen functional groups attached to an aromatic ring is 1. The maximum atomic E-state index is 6.30. The number of rotatable bonds is 5. The van der Waals surface area contributed by atoms with Crippen molar-refractivity contribution in [1.82, 2.24) is 9.97 Å². The zero-order valence-electron chi connectivity index (χ0n) is 15.0. The molecule has 0 fully saturated rings. The fourth-order valence-corrected chi connectivity index (χ4v) is 2.93. The van der Waals surface area contributed by atoms with Crippen LogP contribution < -0.4 is 25.8 Å². The number of aromatic nitrogens is 2. The number of nitrogens with one attached hydrogen (secondary N) is 2. The first kappa shape index (κ1) is 17.0. The van der Waals surface area contributed by atoms with Gasteiger partial charge in [-0.05, 0) is 30.2 Å². The Morgan fingerprint density at radius 2 is 1.70 bits per heavy atom. The van der Waals surface area contributed by atoms with Gasteiger partial charge in [0.25, 0.3) is 0 Å². The largest absolute Gasteiger partial charge is 0.486 e. The zero-order chi connectivity index (χ0) is 18.6. The molecule has 2 aromatic carbocycles. The Bertz CT molecular complexity index is 961. The van der Waals surface area contributed by atoms with Crippen LogP contribution in [0.3, 0.4) is 0 Å². The van der Waals surface area contributed by atoms with Crippen molar-refractivity contribution in [2.75, 3.05) is 29.6 Å². The summed E-state index contributed by atoms with van der Waals surface area (Å²) in [5.41, 5.74) is 9.73. The number of fused-ring (bicyclic) bond motifs is 1. The molecule has 1 aromatic heterocycles. The van der Waals surface area contributed by atoms with E-state index in [0.717, 1.165) is 23.5 Å². The summed E-state index contributed by atoms with van der Waals surface area (Å²) in [4.78, 5) is 8.56. The number of aryl methyl sites for hydroxylation is 1. The first-order valence-corrected chi connectivity index (χ1v) is 8.86. The molecule has 7 nitrogen and oxygen atoms in total. The van der Waals surface area contributed by atoms with E-state index in [1.165, 1.54) is 11.9 Å². The number of nitrogens with two attached hydrogens (primary N) is 1. The van der Waals surface area contributed by atoms with Crippen molar-refractivity contribution in [3.63, 3.8) is 0 Å². The number of benzene rings is 2. The van der Waals surface area contributed by atoms with Crippen molar-refractivity contribution < 1.29 is 9.47 Å². The van der Waals surface area contributed by atoms with Crippen LogP contribution in [0.2, 0.25) is 0 Å². The lowest BCUT2D eigenvalue weighted by Gasteiger charge is -2.19. The predicted molar refractivity (Wildman–Crippen MR) is 106 cm³/mol. The highest BCUT2D eigenvalue weighted by molar-refractivity contribution is 5.81. The van der Waals surface area contributed by atoms with Crippen molar-refractivity contribution >= 4 is 28.7 Å². The van der Waals surface area contributed by atoms with Gasteiger partial charge in [0.2, 0.25) is 0 Å². The van der Waals surface area contributed by atoms with Gasteiger partial charge in [-0.3, -0.25) is 0 Å². The number of para-hydroxylation sites is 1. The highest BCUT2D eigenvalue weighted by Crippen LogP contribution is 2.35. The summed E-state index contributed by atoms with van der Waals surface area (Å²) in [6.07, 6.45) is 2.39. The molecule has 3 aromatic rings. The Labute approximate surface area is 157 Å². The van der Waals surface area contributed by atoms with Gasteiger partial charge >= 0.3 is 0 Å². The summed E-state index contributed by atoms with van der Waals surface area (Å²) in [6, 6.07) is 13.7. The van der Waals surface area contributed by atoms with Gasteiger partial charge < -0.3 is 25.8 Å². The first-order chi connectivity index (χ1) is 13.2. The summed E-state index contributed by atoms with van der Waals surface area (Å²) in [7, 11) is 0. The third-order valence-electron chi connectivity index (χ3n) is 4.34. The van der Waals surface area contributed by atoms with Gasteiger partial charge in [0.05, 0.1) is 0 Å². The van der Waals surface area contributed by atoms with E-state index in [2.05, 4.69) is 33.6 Å². The Balaban J connectivity index is 1.59. The Hall–Kier alpha value is -3.48. The quantitative estimate of drug-likeness (QED) is 0.633. The van der Waals surface area contributed by atoms with Crippen LogP contribution in [0.15, 0.2) is 48.8 Å². The van der Waals surface area contributed by atoms with E-state index in [-0.39, 0.29) is 0 Å². The predicted octanol–water partition coefficient (Wildman–Crippen LogP) is 3.88. The summed E-state index contributed by atoms with van der Waals surface area (Å²) in [5.74, 6) is 2.53. The number of hydrogen-bond acceptors (Lipinski definition) is 7. The molecular formula is C20H21N5O2. The molecule has 1 aliphatic rings. The van der Waals surface area contributed by atoms with Gasteiger partial charge in [-0.1, -0.05) is 25.1 Å². The molecule has 27 heavy (non-hydrogen) atoms. The molecule has 0 radical (unpaired) electrons. The topological polar surface area (TPSA) is 94.3 Å². The van der Waals surface area contributed by atoms with Gasteiger partial charge in [-0.15, -0.1) is 0 Å². The molecule has 0 saturated carbocycles. The number of anilines is 5. The van der Waals surface area contributed by atoms with Crippen LogP contribution in [0.5, 0.6) is 11.5 Å². The highest BCUT2D eigenvalue weighted by atomic mass is 16.6. The van der Waals surface area contributed by atoms with Gasteiger partial charge in [-0.25, -0.2) is 9.97 Å².